The lowest BCUT2D eigenvalue weighted by molar-refractivity contribution is -0.146. The summed E-state index contributed by atoms with van der Waals surface area (Å²) in [5.41, 5.74) is 0. The van der Waals surface area contributed by atoms with Crippen molar-refractivity contribution in [1.82, 2.24) is 15.5 Å². The van der Waals surface area contributed by atoms with Gasteiger partial charge in [-0.25, -0.2) is 13.6 Å². The molecule has 9 heteroatoms. The number of amides is 2. The van der Waals surface area contributed by atoms with Gasteiger partial charge in [-0.05, 0) is 6.42 Å². The normalized spacial score (nSPS) is 16.4. The van der Waals surface area contributed by atoms with Crippen LogP contribution in [0.2, 0.25) is 0 Å². The number of nitrogens with two attached hydrogens (primary N) is 1. The standard InChI is InChI=1S/C9H18N4O4S/c10-18(16,17)7-1-2-12-8(14)9(15)13-5-3-11-4-6-13/h11H,1-7H2,(H,12,14)(H2,10,16,17). The van der Waals surface area contributed by atoms with Crippen molar-refractivity contribution in [2.24, 2.45) is 5.14 Å². The number of nitrogens with zero attached hydrogens (tertiary/aromatic N) is 1. The summed E-state index contributed by atoms with van der Waals surface area (Å²) >= 11 is 0. The highest BCUT2D eigenvalue weighted by atomic mass is 32.2. The molecule has 1 aliphatic heterocycles. The van der Waals surface area contributed by atoms with Gasteiger partial charge in [0.2, 0.25) is 10.0 Å². The molecule has 8 nitrogen and oxygen atoms in total. The number of rotatable bonds is 4. The van der Waals surface area contributed by atoms with E-state index in [0.29, 0.717) is 26.2 Å². The van der Waals surface area contributed by atoms with Crippen LogP contribution in [0.25, 0.3) is 0 Å². The van der Waals surface area contributed by atoms with Crippen LogP contribution in [0.4, 0.5) is 0 Å². The van der Waals surface area contributed by atoms with Crippen molar-refractivity contribution < 1.29 is 18.0 Å². The third-order valence-corrected chi connectivity index (χ3v) is 3.35. The molecule has 104 valence electrons. The number of nitrogens with one attached hydrogen (secondary N) is 2. The molecule has 1 heterocycles. The predicted molar refractivity (Wildman–Crippen MR) is 65.1 cm³/mol. The number of carbonyl (C=O) groups excluding carboxylic acids is 2. The van der Waals surface area contributed by atoms with E-state index in [2.05, 4.69) is 10.6 Å². The first-order valence-electron chi connectivity index (χ1n) is 5.68. The summed E-state index contributed by atoms with van der Waals surface area (Å²) in [4.78, 5) is 24.6. The molecule has 18 heavy (non-hydrogen) atoms. The quantitative estimate of drug-likeness (QED) is 0.379. The second kappa shape index (κ2) is 6.66. The van der Waals surface area contributed by atoms with Crippen LogP contribution in [-0.4, -0.2) is 63.6 Å². The van der Waals surface area contributed by atoms with E-state index >= 15 is 0 Å². The molecule has 0 aromatic heterocycles. The van der Waals surface area contributed by atoms with Crippen molar-refractivity contribution in [3.05, 3.63) is 0 Å². The molecule has 0 saturated carbocycles. The molecular formula is C9H18N4O4S. The summed E-state index contributed by atoms with van der Waals surface area (Å²) in [5, 5.41) is 10.3. The lowest BCUT2D eigenvalue weighted by Crippen LogP contribution is -2.51. The zero-order valence-corrected chi connectivity index (χ0v) is 10.8. The molecule has 0 aromatic carbocycles. The van der Waals surface area contributed by atoms with Gasteiger partial charge < -0.3 is 15.5 Å². The first kappa shape index (κ1) is 14.9. The first-order chi connectivity index (χ1) is 8.40. The van der Waals surface area contributed by atoms with Gasteiger partial charge in [0.05, 0.1) is 5.75 Å². The fourth-order valence-electron chi connectivity index (χ4n) is 1.56. The largest absolute Gasteiger partial charge is 0.348 e. The van der Waals surface area contributed by atoms with Crippen molar-refractivity contribution in [1.29, 1.82) is 0 Å². The molecule has 0 aromatic rings. The number of sulfonamides is 1. The van der Waals surface area contributed by atoms with Crippen molar-refractivity contribution in [3.63, 3.8) is 0 Å². The Labute approximate surface area is 106 Å². The average Bonchev–Trinajstić information content (AvgIpc) is 2.33. The van der Waals surface area contributed by atoms with Gasteiger partial charge in [-0.3, -0.25) is 9.59 Å². The molecular weight excluding hydrogens is 260 g/mol. The van der Waals surface area contributed by atoms with Gasteiger partial charge in [0.1, 0.15) is 0 Å². The molecule has 1 rings (SSSR count). The molecule has 0 atom stereocenters. The SMILES string of the molecule is NS(=O)(=O)CCCNC(=O)C(=O)N1CCNCC1. The summed E-state index contributed by atoms with van der Waals surface area (Å²) in [7, 11) is -3.52. The lowest BCUT2D eigenvalue weighted by Gasteiger charge is -2.26. The number of carbonyl (C=O) groups is 2. The van der Waals surface area contributed by atoms with Gasteiger partial charge in [-0.15, -0.1) is 0 Å². The number of hydrogen-bond acceptors (Lipinski definition) is 5. The van der Waals surface area contributed by atoms with E-state index in [0.717, 1.165) is 0 Å². The van der Waals surface area contributed by atoms with Crippen molar-refractivity contribution in [2.75, 3.05) is 38.5 Å². The predicted octanol–water partition coefficient (Wildman–Crippen LogP) is -2.79. The molecule has 2 amide bonds. The molecule has 0 spiro atoms. The molecule has 1 saturated heterocycles. The molecule has 1 aliphatic rings. The maximum atomic E-state index is 11.6. The van der Waals surface area contributed by atoms with Gasteiger partial charge in [-0.1, -0.05) is 0 Å². The highest BCUT2D eigenvalue weighted by molar-refractivity contribution is 7.89. The van der Waals surface area contributed by atoms with Crippen LogP contribution in [0.5, 0.6) is 0 Å². The Kier molecular flexibility index (Phi) is 5.51. The number of hydrogen-bond donors (Lipinski definition) is 3. The Morgan fingerprint density at radius 1 is 1.28 bits per heavy atom. The Hall–Kier alpha value is -1.19. The van der Waals surface area contributed by atoms with E-state index in [1.54, 1.807) is 0 Å². The molecule has 4 N–H and O–H groups in total. The van der Waals surface area contributed by atoms with Crippen LogP contribution < -0.4 is 15.8 Å². The molecule has 0 bridgehead atoms. The second-order valence-corrected chi connectivity index (χ2v) is 5.75. The third kappa shape index (κ3) is 5.43. The third-order valence-electron chi connectivity index (χ3n) is 2.49. The zero-order chi connectivity index (χ0) is 13.6. The second-order valence-electron chi connectivity index (χ2n) is 4.02. The van der Waals surface area contributed by atoms with Gasteiger partial charge in [0.25, 0.3) is 0 Å². The highest BCUT2D eigenvalue weighted by Gasteiger charge is 2.22. The van der Waals surface area contributed by atoms with E-state index in [-0.39, 0.29) is 18.7 Å². The van der Waals surface area contributed by atoms with E-state index < -0.39 is 21.8 Å². The summed E-state index contributed by atoms with van der Waals surface area (Å²) in [6.07, 6.45) is 0.194. The fourth-order valence-corrected chi connectivity index (χ4v) is 2.11. The van der Waals surface area contributed by atoms with Crippen LogP contribution in [-0.2, 0) is 19.6 Å². The van der Waals surface area contributed by atoms with Crippen LogP contribution in [0.1, 0.15) is 6.42 Å². The minimum atomic E-state index is -3.52. The van der Waals surface area contributed by atoms with Crippen molar-refractivity contribution >= 4 is 21.8 Å². The van der Waals surface area contributed by atoms with Crippen LogP contribution in [0.3, 0.4) is 0 Å². The molecule has 0 aliphatic carbocycles. The van der Waals surface area contributed by atoms with Crippen LogP contribution in [0.15, 0.2) is 0 Å². The van der Waals surface area contributed by atoms with E-state index in [4.69, 9.17) is 5.14 Å². The molecule has 1 fully saturated rings. The Morgan fingerprint density at radius 3 is 2.44 bits per heavy atom. The van der Waals surface area contributed by atoms with Gasteiger partial charge in [-0.2, -0.15) is 0 Å². The topological polar surface area (TPSA) is 122 Å². The smallest absolute Gasteiger partial charge is 0.311 e. The lowest BCUT2D eigenvalue weighted by atomic mass is 10.3. The van der Waals surface area contributed by atoms with Crippen LogP contribution >= 0.6 is 0 Å². The number of piperazine rings is 1. The van der Waals surface area contributed by atoms with E-state index in [1.165, 1.54) is 4.90 Å². The molecule has 0 radical (unpaired) electrons. The van der Waals surface area contributed by atoms with Crippen molar-refractivity contribution in [3.8, 4) is 0 Å². The maximum absolute atomic E-state index is 11.6. The van der Waals surface area contributed by atoms with Crippen molar-refractivity contribution in [2.45, 2.75) is 6.42 Å². The van der Waals surface area contributed by atoms with E-state index in [9.17, 15) is 18.0 Å². The summed E-state index contributed by atoms with van der Waals surface area (Å²) in [6.45, 7) is 2.47. The Balaban J connectivity index is 2.25. The molecule has 0 unspecified atom stereocenters. The van der Waals surface area contributed by atoms with Crippen LogP contribution in [0, 0.1) is 0 Å². The zero-order valence-electron chi connectivity index (χ0n) is 10.0. The fraction of sp³-hybridized carbons (Fsp3) is 0.778. The highest BCUT2D eigenvalue weighted by Crippen LogP contribution is 1.93. The first-order valence-corrected chi connectivity index (χ1v) is 7.40. The van der Waals surface area contributed by atoms with Gasteiger partial charge in [0, 0.05) is 32.7 Å². The Morgan fingerprint density at radius 2 is 1.89 bits per heavy atom. The Bertz CT molecular complexity index is 403. The maximum Gasteiger partial charge on any atom is 0.311 e. The minimum Gasteiger partial charge on any atom is -0.348 e. The average molecular weight is 278 g/mol. The summed E-state index contributed by atoms with van der Waals surface area (Å²) in [6, 6.07) is 0. The summed E-state index contributed by atoms with van der Waals surface area (Å²) < 4.78 is 21.3. The van der Waals surface area contributed by atoms with Gasteiger partial charge in [0.15, 0.2) is 0 Å². The summed E-state index contributed by atoms with van der Waals surface area (Å²) in [5.74, 6) is -1.49. The minimum absolute atomic E-state index is 0.118. The number of primary sulfonamides is 1. The van der Waals surface area contributed by atoms with E-state index in [1.807, 2.05) is 0 Å². The monoisotopic (exact) mass is 278 g/mol. The van der Waals surface area contributed by atoms with Gasteiger partial charge >= 0.3 is 11.8 Å².